The van der Waals surface area contributed by atoms with E-state index >= 15 is 0 Å². The quantitative estimate of drug-likeness (QED) is 0.222. The minimum absolute atomic E-state index is 0.338. The SMILES string of the molecule is O=C(Nc1cccc2c(NC(=O)O[C@H](F)C(F)(F)C(F)(F)C(F)(F)CF)cccc12)O[C@H](F)C(F)(F)C(F)(F)C(F)(F)CF. The lowest BCUT2D eigenvalue weighted by Crippen LogP contribution is -2.60. The molecule has 0 aliphatic rings. The Hall–Kier alpha value is -3.88. The van der Waals surface area contributed by atoms with Gasteiger partial charge in [0.05, 0.1) is 11.4 Å². The monoisotopic (exact) mass is 674 g/mol. The Morgan fingerprint density at radius 3 is 1.16 bits per heavy atom. The van der Waals surface area contributed by atoms with Gasteiger partial charge in [-0.15, -0.1) is 0 Å². The molecule has 2 N–H and O–H groups in total. The van der Waals surface area contributed by atoms with Gasteiger partial charge in [-0.05, 0) is 12.1 Å². The lowest BCUT2D eigenvalue weighted by molar-refractivity contribution is -0.348. The van der Waals surface area contributed by atoms with Crippen LogP contribution >= 0.6 is 0 Å². The highest BCUT2D eigenvalue weighted by Gasteiger charge is 2.77. The van der Waals surface area contributed by atoms with Gasteiger partial charge in [-0.1, -0.05) is 24.3 Å². The first-order chi connectivity index (χ1) is 19.9. The zero-order valence-corrected chi connectivity index (χ0v) is 20.7. The molecule has 0 heterocycles. The minimum Gasteiger partial charge on any atom is -0.408 e. The number of carbonyl (C=O) groups excluding carboxylic acids is 2. The lowest BCUT2D eigenvalue weighted by Gasteiger charge is -2.32. The van der Waals surface area contributed by atoms with Crippen LogP contribution in [0, 0.1) is 0 Å². The van der Waals surface area contributed by atoms with E-state index in [9.17, 15) is 79.8 Å². The van der Waals surface area contributed by atoms with E-state index in [0.717, 1.165) is 36.4 Å². The number of amides is 2. The van der Waals surface area contributed by atoms with E-state index in [2.05, 4.69) is 9.47 Å². The standard InChI is InChI=1S/C22H14F16N2O4/c23-7-17(27,28)21(35,36)19(31,32)13(25)43-15(41)39-11-5-1-3-9-10(11)4-2-6-12(9)40-16(42)44-14(26)20(33,34)22(37,38)18(29,30)8-24/h1-6,13-14H,7-8H2,(H,39,41)(H,40,42)/t13-,14-/m0/s1. The van der Waals surface area contributed by atoms with Crippen LogP contribution in [0.3, 0.4) is 0 Å². The fourth-order valence-electron chi connectivity index (χ4n) is 3.08. The van der Waals surface area contributed by atoms with Gasteiger partial charge in [-0.2, -0.15) is 61.5 Å². The van der Waals surface area contributed by atoms with E-state index in [1.165, 1.54) is 10.6 Å². The molecule has 248 valence electrons. The highest BCUT2D eigenvalue weighted by atomic mass is 19.4. The van der Waals surface area contributed by atoms with Gasteiger partial charge >= 0.3 is 60.4 Å². The highest BCUT2D eigenvalue weighted by Crippen LogP contribution is 2.50. The summed E-state index contributed by atoms with van der Waals surface area (Å²) in [6.45, 7) is -6.69. The van der Waals surface area contributed by atoms with E-state index in [4.69, 9.17) is 0 Å². The first-order valence-corrected chi connectivity index (χ1v) is 11.0. The summed E-state index contributed by atoms with van der Waals surface area (Å²) < 4.78 is 218. The summed E-state index contributed by atoms with van der Waals surface area (Å²) in [5.41, 5.74) is -1.22. The number of rotatable bonds is 12. The van der Waals surface area contributed by atoms with Crippen molar-refractivity contribution >= 4 is 34.3 Å². The summed E-state index contributed by atoms with van der Waals surface area (Å²) in [6, 6.07) is 5.63. The van der Waals surface area contributed by atoms with Crippen LogP contribution in [0.1, 0.15) is 0 Å². The Morgan fingerprint density at radius 1 is 0.591 bits per heavy atom. The third-order valence-electron chi connectivity index (χ3n) is 5.48. The number of benzene rings is 2. The molecule has 2 aromatic carbocycles. The number of nitrogens with one attached hydrogen (secondary N) is 2. The van der Waals surface area contributed by atoms with Crippen molar-refractivity contribution in [2.75, 3.05) is 24.0 Å². The van der Waals surface area contributed by atoms with Crippen molar-refractivity contribution in [2.24, 2.45) is 0 Å². The molecule has 0 fully saturated rings. The molecule has 0 spiro atoms. The third kappa shape index (κ3) is 6.47. The molecule has 0 aromatic heterocycles. The second kappa shape index (κ2) is 12.3. The van der Waals surface area contributed by atoms with E-state index in [-0.39, 0.29) is 10.8 Å². The molecule has 22 heteroatoms. The van der Waals surface area contributed by atoms with Crippen molar-refractivity contribution in [3.8, 4) is 0 Å². The maximum atomic E-state index is 13.7. The molecule has 2 rings (SSSR count). The van der Waals surface area contributed by atoms with E-state index in [1.54, 1.807) is 0 Å². The summed E-state index contributed by atoms with van der Waals surface area (Å²) in [4.78, 5) is 23.7. The molecule has 2 amide bonds. The van der Waals surface area contributed by atoms with E-state index in [0.29, 0.717) is 0 Å². The number of carbonyl (C=O) groups is 2. The van der Waals surface area contributed by atoms with E-state index < -0.39 is 85.2 Å². The number of hydrogen-bond acceptors (Lipinski definition) is 4. The van der Waals surface area contributed by atoms with Crippen molar-refractivity contribution in [1.29, 1.82) is 0 Å². The van der Waals surface area contributed by atoms with Gasteiger partial charge in [0.1, 0.15) is 0 Å². The molecule has 0 saturated heterocycles. The zero-order chi connectivity index (χ0) is 34.1. The van der Waals surface area contributed by atoms with Crippen LogP contribution in [0.15, 0.2) is 36.4 Å². The molecule has 6 nitrogen and oxygen atoms in total. The van der Waals surface area contributed by atoms with Crippen molar-refractivity contribution in [3.05, 3.63) is 36.4 Å². The maximum Gasteiger partial charge on any atom is 0.414 e. The van der Waals surface area contributed by atoms with Gasteiger partial charge in [0.25, 0.3) is 0 Å². The molecule has 0 unspecified atom stereocenters. The van der Waals surface area contributed by atoms with Crippen LogP contribution in [0.4, 0.5) is 91.2 Å². The first-order valence-electron chi connectivity index (χ1n) is 11.0. The molecule has 0 bridgehead atoms. The summed E-state index contributed by atoms with van der Waals surface area (Å²) in [5.74, 6) is -38.5. The smallest absolute Gasteiger partial charge is 0.408 e. The minimum atomic E-state index is -6.68. The third-order valence-corrected chi connectivity index (χ3v) is 5.48. The molecular weight excluding hydrogens is 660 g/mol. The van der Waals surface area contributed by atoms with Gasteiger partial charge in [-0.25, -0.2) is 18.4 Å². The van der Waals surface area contributed by atoms with Gasteiger partial charge < -0.3 is 9.47 Å². The van der Waals surface area contributed by atoms with Crippen LogP contribution in [-0.4, -0.2) is 73.8 Å². The van der Waals surface area contributed by atoms with Gasteiger partial charge in [0.2, 0.25) is 0 Å². The molecule has 0 aliphatic heterocycles. The fraction of sp³-hybridized carbons (Fsp3) is 0.455. The summed E-state index contributed by atoms with van der Waals surface area (Å²) in [5, 5.41) is 2.39. The maximum absolute atomic E-state index is 13.7. The number of fused-ring (bicyclic) bond motifs is 1. The number of anilines is 2. The second-order valence-electron chi connectivity index (χ2n) is 8.47. The molecule has 44 heavy (non-hydrogen) atoms. The molecule has 2 atom stereocenters. The van der Waals surface area contributed by atoms with Crippen molar-refractivity contribution in [2.45, 2.75) is 48.3 Å². The Labute approximate surface area is 233 Å². The van der Waals surface area contributed by atoms with Crippen LogP contribution in [-0.2, 0) is 9.47 Å². The van der Waals surface area contributed by atoms with Gasteiger partial charge in [0.15, 0.2) is 13.3 Å². The lowest BCUT2D eigenvalue weighted by atomic mass is 10.1. The van der Waals surface area contributed by atoms with E-state index in [1.807, 2.05) is 0 Å². The predicted octanol–water partition coefficient (Wildman–Crippen LogP) is 8.28. The normalized spacial score (nSPS) is 15.0. The number of halogens is 16. The van der Waals surface area contributed by atoms with Crippen molar-refractivity contribution in [1.82, 2.24) is 0 Å². The average Bonchev–Trinajstić information content (AvgIpc) is 2.92. The summed E-state index contributed by atoms with van der Waals surface area (Å²) >= 11 is 0. The molecule has 2 aromatic rings. The topological polar surface area (TPSA) is 76.7 Å². The van der Waals surface area contributed by atoms with Crippen LogP contribution in [0.2, 0.25) is 0 Å². The molecule has 0 aliphatic carbocycles. The molecule has 0 radical (unpaired) electrons. The molecular formula is C22H14F16N2O4. The Balaban J connectivity index is 2.24. The summed E-state index contributed by atoms with van der Waals surface area (Å²) in [6.07, 6.45) is -14.2. The fourth-order valence-corrected chi connectivity index (χ4v) is 3.08. The van der Waals surface area contributed by atoms with Crippen LogP contribution < -0.4 is 10.6 Å². The van der Waals surface area contributed by atoms with Crippen LogP contribution in [0.5, 0.6) is 0 Å². The number of alkyl halides is 16. The molecule has 0 saturated carbocycles. The average molecular weight is 674 g/mol. The van der Waals surface area contributed by atoms with Crippen molar-refractivity contribution in [3.63, 3.8) is 0 Å². The number of ether oxygens (including phenoxy) is 2. The Morgan fingerprint density at radius 2 is 0.886 bits per heavy atom. The van der Waals surface area contributed by atoms with Gasteiger partial charge in [-0.3, -0.25) is 10.6 Å². The van der Waals surface area contributed by atoms with Crippen molar-refractivity contribution < 1.29 is 89.3 Å². The predicted molar refractivity (Wildman–Crippen MR) is 116 cm³/mol. The second-order valence-corrected chi connectivity index (χ2v) is 8.47. The van der Waals surface area contributed by atoms with Gasteiger partial charge in [0, 0.05) is 10.8 Å². The Bertz CT molecular complexity index is 1260. The summed E-state index contributed by atoms with van der Waals surface area (Å²) in [7, 11) is 0. The highest BCUT2D eigenvalue weighted by molar-refractivity contribution is 6.07. The zero-order valence-electron chi connectivity index (χ0n) is 20.7. The largest absolute Gasteiger partial charge is 0.414 e. The van der Waals surface area contributed by atoms with Crippen LogP contribution in [0.25, 0.3) is 10.8 Å². The first kappa shape index (κ1) is 36.3. The number of hydrogen-bond donors (Lipinski definition) is 2. The Kier molecular flexibility index (Phi) is 10.1.